The number of aliphatic hydroxyl groups is 2. The van der Waals surface area contributed by atoms with Crippen molar-refractivity contribution in [2.45, 2.75) is 18.8 Å². The fourth-order valence-corrected chi connectivity index (χ4v) is 3.75. The molecule has 1 aliphatic rings. The summed E-state index contributed by atoms with van der Waals surface area (Å²) in [5, 5.41) is 19.5. The van der Waals surface area contributed by atoms with Crippen LogP contribution in [0.5, 0.6) is 5.75 Å². The van der Waals surface area contributed by atoms with Gasteiger partial charge in [-0.05, 0) is 47.5 Å². The highest BCUT2D eigenvalue weighted by atomic mass is 19.1. The largest absolute Gasteiger partial charge is 0.489 e. The summed E-state index contributed by atoms with van der Waals surface area (Å²) in [6.45, 7) is -0.0713. The van der Waals surface area contributed by atoms with E-state index >= 15 is 0 Å². The van der Waals surface area contributed by atoms with Gasteiger partial charge in [-0.1, -0.05) is 42.5 Å². The zero-order chi connectivity index (χ0) is 21.1. The van der Waals surface area contributed by atoms with Crippen molar-refractivity contribution < 1.29 is 24.1 Å². The number of carbonyl (C=O) groups is 1. The lowest BCUT2D eigenvalue weighted by molar-refractivity contribution is -0.137. The number of anilines is 1. The molecule has 1 heterocycles. The first-order chi connectivity index (χ1) is 14.6. The number of halogens is 1. The minimum absolute atomic E-state index is 0.308. The molecule has 4 rings (SSSR count). The van der Waals surface area contributed by atoms with Gasteiger partial charge in [-0.2, -0.15) is 0 Å². The van der Waals surface area contributed by atoms with Crippen molar-refractivity contribution in [3.63, 3.8) is 0 Å². The Morgan fingerprint density at radius 3 is 2.27 bits per heavy atom. The Balaban J connectivity index is 1.55. The van der Waals surface area contributed by atoms with Crippen LogP contribution in [0.15, 0.2) is 78.9 Å². The number of amides is 1. The van der Waals surface area contributed by atoms with Crippen molar-refractivity contribution in [3.8, 4) is 5.75 Å². The van der Waals surface area contributed by atoms with Gasteiger partial charge in [0, 0.05) is 5.69 Å². The maximum atomic E-state index is 13.3. The van der Waals surface area contributed by atoms with Crippen LogP contribution in [0.2, 0.25) is 0 Å². The molecule has 6 heteroatoms. The van der Waals surface area contributed by atoms with Crippen LogP contribution < -0.4 is 9.64 Å². The van der Waals surface area contributed by atoms with Crippen LogP contribution in [0.25, 0.3) is 0 Å². The molecule has 1 fully saturated rings. The molecule has 3 aromatic carbocycles. The highest BCUT2D eigenvalue weighted by molar-refractivity contribution is 6.03. The molecule has 30 heavy (non-hydrogen) atoms. The topological polar surface area (TPSA) is 70.0 Å². The summed E-state index contributed by atoms with van der Waals surface area (Å²) in [6, 6.07) is 22.3. The molecule has 0 spiro atoms. The van der Waals surface area contributed by atoms with E-state index in [2.05, 4.69) is 0 Å². The van der Waals surface area contributed by atoms with Gasteiger partial charge in [0.15, 0.2) is 0 Å². The second kappa shape index (κ2) is 8.65. The SMILES string of the molecule is O=C1[C@H](C(O)CO)C(c2ccc(OCc3ccccc3)cc2)N1c1ccc(F)cc1. The zero-order valence-electron chi connectivity index (χ0n) is 16.2. The summed E-state index contributed by atoms with van der Waals surface area (Å²) in [7, 11) is 0. The van der Waals surface area contributed by atoms with Crippen molar-refractivity contribution in [2.24, 2.45) is 5.92 Å². The molecule has 0 bridgehead atoms. The number of aliphatic hydroxyl groups excluding tert-OH is 2. The molecule has 0 saturated carbocycles. The van der Waals surface area contributed by atoms with Gasteiger partial charge in [-0.25, -0.2) is 4.39 Å². The van der Waals surface area contributed by atoms with Crippen molar-refractivity contribution in [2.75, 3.05) is 11.5 Å². The lowest BCUT2D eigenvalue weighted by Gasteiger charge is -2.49. The van der Waals surface area contributed by atoms with Crippen LogP contribution in [-0.4, -0.2) is 28.8 Å². The van der Waals surface area contributed by atoms with Gasteiger partial charge in [0.25, 0.3) is 0 Å². The minimum Gasteiger partial charge on any atom is -0.489 e. The van der Waals surface area contributed by atoms with E-state index in [1.54, 1.807) is 0 Å². The monoisotopic (exact) mass is 407 g/mol. The maximum Gasteiger partial charge on any atom is 0.235 e. The number of ether oxygens (including phenoxy) is 1. The first kappa shape index (κ1) is 20.1. The molecule has 0 aromatic heterocycles. The Morgan fingerprint density at radius 1 is 0.967 bits per heavy atom. The lowest BCUT2D eigenvalue weighted by Crippen LogP contribution is -2.60. The van der Waals surface area contributed by atoms with Crippen LogP contribution in [0.1, 0.15) is 17.2 Å². The number of hydrogen-bond donors (Lipinski definition) is 2. The predicted octanol–water partition coefficient (Wildman–Crippen LogP) is 3.46. The minimum atomic E-state index is -1.17. The first-order valence-corrected chi connectivity index (χ1v) is 9.72. The van der Waals surface area contributed by atoms with E-state index in [4.69, 9.17) is 4.74 Å². The van der Waals surface area contributed by atoms with Gasteiger partial charge < -0.3 is 19.8 Å². The van der Waals surface area contributed by atoms with Crippen LogP contribution in [0.3, 0.4) is 0 Å². The molecule has 1 amide bonds. The quantitative estimate of drug-likeness (QED) is 0.589. The van der Waals surface area contributed by atoms with E-state index in [-0.39, 0.29) is 5.91 Å². The molecule has 2 unspecified atom stereocenters. The van der Waals surface area contributed by atoms with Gasteiger partial charge in [0.2, 0.25) is 5.91 Å². The van der Waals surface area contributed by atoms with Crippen molar-refractivity contribution >= 4 is 11.6 Å². The molecule has 1 saturated heterocycles. The number of carbonyl (C=O) groups excluding carboxylic acids is 1. The smallest absolute Gasteiger partial charge is 0.235 e. The van der Waals surface area contributed by atoms with Gasteiger partial charge in [-0.3, -0.25) is 4.79 Å². The first-order valence-electron chi connectivity index (χ1n) is 9.72. The van der Waals surface area contributed by atoms with Gasteiger partial charge in [-0.15, -0.1) is 0 Å². The Hall–Kier alpha value is -3.22. The molecule has 0 aliphatic carbocycles. The number of nitrogens with zero attached hydrogens (tertiary/aromatic N) is 1. The van der Waals surface area contributed by atoms with Crippen molar-refractivity contribution in [3.05, 3.63) is 95.8 Å². The fourth-order valence-electron chi connectivity index (χ4n) is 3.75. The molecule has 3 atom stereocenters. The predicted molar refractivity (Wildman–Crippen MR) is 110 cm³/mol. The summed E-state index contributed by atoms with van der Waals surface area (Å²) < 4.78 is 19.1. The highest BCUT2D eigenvalue weighted by Gasteiger charge is 2.52. The standard InChI is InChI=1S/C24H22FNO4/c25-18-8-10-19(11-9-18)26-23(22(24(26)29)21(28)14-27)17-6-12-20(13-7-17)30-15-16-4-2-1-3-5-16/h1-13,21-23,27-28H,14-15H2/t21?,22-,23?/m1/s1. The van der Waals surface area contributed by atoms with Gasteiger partial charge >= 0.3 is 0 Å². The zero-order valence-corrected chi connectivity index (χ0v) is 16.2. The Kier molecular flexibility index (Phi) is 5.79. The highest BCUT2D eigenvalue weighted by Crippen LogP contribution is 2.45. The number of β-lactam (4-membered cyclic amide) rings is 1. The van der Waals surface area contributed by atoms with E-state index in [9.17, 15) is 19.4 Å². The van der Waals surface area contributed by atoms with Crippen molar-refractivity contribution in [1.29, 1.82) is 0 Å². The Bertz CT molecular complexity index is 992. The van der Waals surface area contributed by atoms with E-state index in [0.29, 0.717) is 18.0 Å². The van der Waals surface area contributed by atoms with Gasteiger partial charge in [0.1, 0.15) is 18.2 Å². The lowest BCUT2D eigenvalue weighted by atomic mass is 9.78. The van der Waals surface area contributed by atoms with E-state index in [1.165, 1.54) is 29.2 Å². The summed E-state index contributed by atoms with van der Waals surface area (Å²) in [5.41, 5.74) is 2.39. The van der Waals surface area contributed by atoms with E-state index < -0.39 is 30.5 Å². The second-order valence-electron chi connectivity index (χ2n) is 7.25. The normalized spacial score (nSPS) is 19.3. The third kappa shape index (κ3) is 3.92. The number of hydrogen-bond acceptors (Lipinski definition) is 4. The van der Waals surface area contributed by atoms with E-state index in [1.807, 2.05) is 54.6 Å². The molecule has 154 valence electrons. The molecular formula is C24H22FNO4. The fraction of sp³-hybridized carbons (Fsp3) is 0.208. The molecule has 3 aromatic rings. The summed E-state index contributed by atoms with van der Waals surface area (Å²) >= 11 is 0. The Labute approximate surface area is 174 Å². The summed E-state index contributed by atoms with van der Waals surface area (Å²) in [6.07, 6.45) is -1.17. The maximum absolute atomic E-state index is 13.3. The third-order valence-corrected chi connectivity index (χ3v) is 5.32. The average molecular weight is 407 g/mol. The third-order valence-electron chi connectivity index (χ3n) is 5.32. The molecule has 0 radical (unpaired) electrons. The molecule has 5 nitrogen and oxygen atoms in total. The molecular weight excluding hydrogens is 385 g/mol. The van der Waals surface area contributed by atoms with Crippen LogP contribution in [0, 0.1) is 11.7 Å². The van der Waals surface area contributed by atoms with Crippen molar-refractivity contribution in [1.82, 2.24) is 0 Å². The van der Waals surface area contributed by atoms with Crippen LogP contribution in [-0.2, 0) is 11.4 Å². The van der Waals surface area contributed by atoms with Crippen LogP contribution >= 0.6 is 0 Å². The van der Waals surface area contributed by atoms with Crippen LogP contribution in [0.4, 0.5) is 10.1 Å². The number of benzene rings is 3. The van der Waals surface area contributed by atoms with E-state index in [0.717, 1.165) is 11.1 Å². The Morgan fingerprint density at radius 2 is 1.63 bits per heavy atom. The second-order valence-corrected chi connectivity index (χ2v) is 7.25. The molecule has 1 aliphatic heterocycles. The average Bonchev–Trinajstić information content (AvgIpc) is 2.78. The summed E-state index contributed by atoms with van der Waals surface area (Å²) in [5.74, 6) is -0.787. The number of rotatable bonds is 7. The summed E-state index contributed by atoms with van der Waals surface area (Å²) in [4.78, 5) is 14.2. The van der Waals surface area contributed by atoms with Gasteiger partial charge in [0.05, 0.1) is 24.7 Å². The molecule has 2 N–H and O–H groups in total.